The fourth-order valence-electron chi connectivity index (χ4n) is 8.20. The highest BCUT2D eigenvalue weighted by atomic mass is 32.1. The molecule has 1 fully saturated rings. The number of hydrogen-bond acceptors (Lipinski definition) is 14. The van der Waals surface area contributed by atoms with Crippen LogP contribution in [0.4, 0.5) is 5.69 Å². The van der Waals surface area contributed by atoms with Crippen LogP contribution in [0.15, 0.2) is 169 Å². The number of carbonyl (C=O) groups excluding carboxylic acids is 3. The van der Waals surface area contributed by atoms with Crippen LogP contribution in [0, 0.1) is 4.77 Å². The zero-order valence-corrected chi connectivity index (χ0v) is 38.7. The Morgan fingerprint density at radius 3 is 1.77 bits per heavy atom. The molecule has 1 aliphatic rings. The first-order valence-corrected chi connectivity index (χ1v) is 22.3. The van der Waals surface area contributed by atoms with E-state index in [1.54, 1.807) is 164 Å². The first-order valence-electron chi connectivity index (χ1n) is 21.9. The van der Waals surface area contributed by atoms with Crippen molar-refractivity contribution in [2.45, 2.75) is 24.5 Å². The second kappa shape index (κ2) is 20.3. The van der Waals surface area contributed by atoms with Crippen LogP contribution >= 0.6 is 12.2 Å². The Hall–Kier alpha value is -8.60. The van der Waals surface area contributed by atoms with Crippen LogP contribution in [-0.4, -0.2) is 78.3 Å². The quantitative estimate of drug-likeness (QED) is 0.0472. The lowest BCUT2D eigenvalue weighted by atomic mass is 9.99. The topological polar surface area (TPSA) is 182 Å². The van der Waals surface area contributed by atoms with Crippen molar-refractivity contribution in [2.24, 2.45) is 0 Å². The molecule has 70 heavy (non-hydrogen) atoms. The maximum Gasteiger partial charge on any atom is 0.338 e. The predicted molar refractivity (Wildman–Crippen MR) is 263 cm³/mol. The normalized spacial score (nSPS) is 16.3. The number of methoxy groups -OCH3 is 3. The first-order chi connectivity index (χ1) is 34.1. The van der Waals surface area contributed by atoms with Gasteiger partial charge in [-0.15, -0.1) is 0 Å². The summed E-state index contributed by atoms with van der Waals surface area (Å²) >= 11 is 6.36. The molecule has 0 saturated carbocycles. The van der Waals surface area contributed by atoms with Gasteiger partial charge in [0.15, 0.2) is 40.4 Å². The Bertz CT molecular complexity index is 3330. The molecule has 1 aliphatic heterocycles. The summed E-state index contributed by atoms with van der Waals surface area (Å²) in [7, 11) is 4.54. The van der Waals surface area contributed by atoms with Crippen LogP contribution in [0.3, 0.4) is 0 Å². The Kier molecular flexibility index (Phi) is 13.5. The van der Waals surface area contributed by atoms with Crippen molar-refractivity contribution in [2.75, 3.05) is 33.7 Å². The summed E-state index contributed by atoms with van der Waals surface area (Å²) in [5, 5.41) is 0.0596. The van der Waals surface area contributed by atoms with E-state index in [-0.39, 0.29) is 32.5 Å². The van der Waals surface area contributed by atoms with Crippen LogP contribution in [0.2, 0.25) is 0 Å². The molecule has 15 nitrogen and oxygen atoms in total. The Morgan fingerprint density at radius 1 is 0.643 bits per heavy atom. The van der Waals surface area contributed by atoms with Gasteiger partial charge in [0.2, 0.25) is 0 Å². The zero-order valence-electron chi connectivity index (χ0n) is 37.9. The zero-order chi connectivity index (χ0) is 48.9. The number of nitrogens with two attached hydrogens (primary N) is 1. The number of hydrogen-bond donors (Lipinski definition) is 1. The van der Waals surface area contributed by atoms with E-state index in [0.29, 0.717) is 51.0 Å². The highest BCUT2D eigenvalue weighted by Gasteiger charge is 2.52. The summed E-state index contributed by atoms with van der Waals surface area (Å²) in [6.45, 7) is -0.485. The standard InChI is InChI=1S/C54H44N4O11S/c1-63-39-26-24-38(25-27-39)57-49(59)45-40(36-21-28-42(64-2)43(29-36)65-3)30-41(32-19-22-37(55)23-20-32)56-48(45)58(54(57)70)50-47(69-53(62)35-17-11-6-12-18-35)46(68-52(61)34-15-9-5-10-16-34)44(67-50)31-66-51(60)33-13-7-4-8-14-33/h4-30,44,46-47,50H,31,55H2,1-3H3/t44-,46-,47-,50-/m1/s1. The number of anilines is 1. The highest BCUT2D eigenvalue weighted by Crippen LogP contribution is 2.41. The van der Waals surface area contributed by atoms with Crippen molar-refractivity contribution < 1.29 is 47.5 Å². The molecule has 0 amide bonds. The van der Waals surface area contributed by atoms with Crippen molar-refractivity contribution in [1.82, 2.24) is 14.1 Å². The van der Waals surface area contributed by atoms with Crippen LogP contribution in [0.25, 0.3) is 39.1 Å². The summed E-state index contributed by atoms with van der Waals surface area (Å²) in [5.74, 6) is -0.943. The molecule has 1 saturated heterocycles. The summed E-state index contributed by atoms with van der Waals surface area (Å²) in [6, 6.07) is 45.4. The average molecular weight is 957 g/mol. The maximum absolute atomic E-state index is 15.5. The monoisotopic (exact) mass is 956 g/mol. The summed E-state index contributed by atoms with van der Waals surface area (Å²) in [5.41, 5.74) is 8.95. The SMILES string of the molecule is COc1ccc(-n2c(=O)c3c(-c4ccc(OC)c(OC)c4)cc(-c4ccc(N)cc4)nc3n([C@@H]3O[C@H](COC(=O)c4ccccc4)[C@@H](OC(=O)c4ccccc4)[C@H]3OC(=O)c3ccccc3)c2=S)cc1. The Labute approximate surface area is 406 Å². The van der Waals surface area contributed by atoms with Crippen molar-refractivity contribution >= 4 is 46.8 Å². The van der Waals surface area contributed by atoms with Gasteiger partial charge in [0.05, 0.1) is 54.8 Å². The molecule has 4 atom stereocenters. The predicted octanol–water partition coefficient (Wildman–Crippen LogP) is 9.06. The van der Waals surface area contributed by atoms with Crippen LogP contribution in [-0.2, 0) is 18.9 Å². The number of fused-ring (bicyclic) bond motifs is 1. The highest BCUT2D eigenvalue weighted by molar-refractivity contribution is 7.71. The summed E-state index contributed by atoms with van der Waals surface area (Å²) in [6.07, 6.45) is -5.82. The van der Waals surface area contributed by atoms with Gasteiger partial charge in [-0.25, -0.2) is 19.4 Å². The number of nitrogens with zero attached hydrogens (tertiary/aromatic N) is 3. The molecule has 352 valence electrons. The van der Waals surface area contributed by atoms with E-state index in [9.17, 15) is 14.4 Å². The van der Waals surface area contributed by atoms with Crippen molar-refractivity contribution in [1.29, 1.82) is 0 Å². The fraction of sp³-hybridized carbons (Fsp3) is 0.148. The number of esters is 3. The molecule has 0 spiro atoms. The van der Waals surface area contributed by atoms with Crippen LogP contribution in [0.5, 0.6) is 17.2 Å². The number of carbonyl (C=O) groups is 3. The van der Waals surface area contributed by atoms with Gasteiger partial charge >= 0.3 is 17.9 Å². The molecular formula is C54H44N4O11S. The number of aromatic nitrogens is 3. The lowest BCUT2D eigenvalue weighted by Crippen LogP contribution is -2.42. The van der Waals surface area contributed by atoms with Crippen LogP contribution < -0.4 is 25.5 Å². The molecule has 9 rings (SSSR count). The largest absolute Gasteiger partial charge is 0.497 e. The minimum Gasteiger partial charge on any atom is -0.497 e. The number of ether oxygens (including phenoxy) is 7. The lowest BCUT2D eigenvalue weighted by Gasteiger charge is -2.27. The van der Waals surface area contributed by atoms with Gasteiger partial charge in [-0.3, -0.25) is 13.9 Å². The first kappa shape index (κ1) is 46.5. The molecule has 3 heterocycles. The number of rotatable bonds is 14. The fourth-order valence-corrected chi connectivity index (χ4v) is 8.58. The van der Waals surface area contributed by atoms with E-state index in [2.05, 4.69) is 0 Å². The molecule has 2 N–H and O–H groups in total. The van der Waals surface area contributed by atoms with E-state index >= 15 is 4.79 Å². The van der Waals surface area contributed by atoms with Crippen molar-refractivity contribution in [3.8, 4) is 45.3 Å². The van der Waals surface area contributed by atoms with E-state index in [0.717, 1.165) is 0 Å². The summed E-state index contributed by atoms with van der Waals surface area (Å²) in [4.78, 5) is 62.7. The van der Waals surface area contributed by atoms with Gasteiger partial charge in [-0.2, -0.15) is 0 Å². The third-order valence-corrected chi connectivity index (χ3v) is 12.1. The van der Waals surface area contributed by atoms with E-state index in [1.807, 2.05) is 0 Å². The van der Waals surface area contributed by atoms with Crippen molar-refractivity contribution in [3.63, 3.8) is 0 Å². The van der Waals surface area contributed by atoms with E-state index in [4.69, 9.17) is 56.1 Å². The van der Waals surface area contributed by atoms with Gasteiger partial charge in [-0.05, 0) is 109 Å². The number of pyridine rings is 1. The molecule has 0 radical (unpaired) electrons. The Morgan fingerprint density at radius 2 is 1.20 bits per heavy atom. The second-order valence-corrected chi connectivity index (χ2v) is 16.3. The summed E-state index contributed by atoms with van der Waals surface area (Å²) < 4.78 is 44.9. The molecule has 6 aromatic carbocycles. The third kappa shape index (κ3) is 9.32. The molecule has 2 aromatic heterocycles. The van der Waals surface area contributed by atoms with Crippen LogP contribution in [0.1, 0.15) is 37.3 Å². The lowest BCUT2D eigenvalue weighted by molar-refractivity contribution is -0.0617. The van der Waals surface area contributed by atoms with E-state index in [1.165, 1.54) is 30.5 Å². The third-order valence-electron chi connectivity index (χ3n) is 11.7. The molecule has 0 unspecified atom stereocenters. The number of nitrogen functional groups attached to an aromatic ring is 1. The average Bonchev–Trinajstić information content (AvgIpc) is 3.72. The molecular weight excluding hydrogens is 913 g/mol. The van der Waals surface area contributed by atoms with Crippen molar-refractivity contribution in [3.05, 3.63) is 196 Å². The van der Waals surface area contributed by atoms with Gasteiger partial charge in [0.25, 0.3) is 5.56 Å². The molecule has 0 bridgehead atoms. The Balaban J connectivity index is 1.33. The number of benzene rings is 6. The molecule has 0 aliphatic carbocycles. The molecule has 16 heteroatoms. The van der Waals surface area contributed by atoms with E-state index < -0.39 is 54.6 Å². The smallest absolute Gasteiger partial charge is 0.338 e. The van der Waals surface area contributed by atoms with Gasteiger partial charge in [0.1, 0.15) is 18.5 Å². The minimum atomic E-state index is -1.54. The van der Waals surface area contributed by atoms with Gasteiger partial charge in [-0.1, -0.05) is 72.8 Å². The molecule has 8 aromatic rings. The van der Waals surface area contributed by atoms with Gasteiger partial charge < -0.3 is 38.9 Å². The second-order valence-electron chi connectivity index (χ2n) is 15.9. The maximum atomic E-state index is 15.5. The minimum absolute atomic E-state index is 0.000280. The van der Waals surface area contributed by atoms with Gasteiger partial charge in [0, 0.05) is 16.8 Å².